The fraction of sp³-hybridized carbons (Fsp3) is 0.125. The summed E-state index contributed by atoms with van der Waals surface area (Å²) in [5.41, 5.74) is 0.122. The van der Waals surface area contributed by atoms with Gasteiger partial charge < -0.3 is 10.1 Å². The number of ether oxygens (including phenoxy) is 1. The summed E-state index contributed by atoms with van der Waals surface area (Å²) in [6.07, 6.45) is -1.11. The minimum Gasteiger partial charge on any atom is -0.449 e. The smallest absolute Gasteiger partial charge is 0.340 e. The fourth-order valence-electron chi connectivity index (χ4n) is 1.87. The van der Waals surface area contributed by atoms with Gasteiger partial charge in [0.25, 0.3) is 11.6 Å². The van der Waals surface area contributed by atoms with Crippen LogP contribution in [-0.2, 0) is 9.53 Å². The van der Waals surface area contributed by atoms with E-state index in [1.807, 2.05) is 0 Å². The summed E-state index contributed by atoms with van der Waals surface area (Å²) >= 11 is 11.7. The predicted octanol–water partition coefficient (Wildman–Crippen LogP) is 4.09. The number of nitrogens with zero attached hydrogens (tertiary/aromatic N) is 1. The lowest BCUT2D eigenvalue weighted by atomic mass is 10.2. The van der Waals surface area contributed by atoms with Gasteiger partial charge in [-0.25, -0.2) is 4.79 Å². The van der Waals surface area contributed by atoms with E-state index in [-0.39, 0.29) is 16.3 Å². The molecule has 0 unspecified atom stereocenters. The molecule has 1 amide bonds. The highest BCUT2D eigenvalue weighted by Gasteiger charge is 2.22. The number of non-ortho nitro benzene ring substituents is 1. The molecule has 0 saturated heterocycles. The maximum absolute atomic E-state index is 12.1. The van der Waals surface area contributed by atoms with Crippen LogP contribution in [0.5, 0.6) is 0 Å². The van der Waals surface area contributed by atoms with Crippen molar-refractivity contribution in [2.24, 2.45) is 0 Å². The van der Waals surface area contributed by atoms with E-state index in [1.54, 1.807) is 24.3 Å². The van der Waals surface area contributed by atoms with Crippen molar-refractivity contribution in [3.8, 4) is 0 Å². The van der Waals surface area contributed by atoms with E-state index in [9.17, 15) is 19.7 Å². The zero-order valence-corrected chi connectivity index (χ0v) is 14.4. The molecular weight excluding hydrogens is 371 g/mol. The van der Waals surface area contributed by atoms with Gasteiger partial charge in [-0.05, 0) is 31.2 Å². The molecule has 0 fully saturated rings. The Balaban J connectivity index is 2.04. The van der Waals surface area contributed by atoms with E-state index < -0.39 is 22.9 Å². The number of amides is 1. The summed E-state index contributed by atoms with van der Waals surface area (Å²) in [4.78, 5) is 34.2. The number of anilines is 1. The van der Waals surface area contributed by atoms with Gasteiger partial charge in [0.05, 0.1) is 15.5 Å². The summed E-state index contributed by atoms with van der Waals surface area (Å²) in [5, 5.41) is 13.5. The molecule has 0 spiro atoms. The van der Waals surface area contributed by atoms with Crippen molar-refractivity contribution in [1.82, 2.24) is 0 Å². The lowest BCUT2D eigenvalue weighted by Gasteiger charge is -2.14. The molecule has 25 heavy (non-hydrogen) atoms. The molecule has 0 heterocycles. The third-order valence-electron chi connectivity index (χ3n) is 3.13. The summed E-state index contributed by atoms with van der Waals surface area (Å²) in [6, 6.07) is 9.81. The Bertz CT molecular complexity index is 841. The van der Waals surface area contributed by atoms with Gasteiger partial charge in [-0.15, -0.1) is 0 Å². The lowest BCUT2D eigenvalue weighted by Crippen LogP contribution is -2.30. The Morgan fingerprint density at radius 1 is 1.20 bits per heavy atom. The number of hydrogen-bond acceptors (Lipinski definition) is 5. The van der Waals surface area contributed by atoms with Crippen molar-refractivity contribution >= 4 is 46.5 Å². The van der Waals surface area contributed by atoms with Crippen molar-refractivity contribution in [3.05, 3.63) is 68.2 Å². The SMILES string of the molecule is C[C@@H](OC(=O)c1ccc([N+](=O)[O-])cc1Cl)C(=O)Nc1cccc(Cl)c1. The van der Waals surface area contributed by atoms with Crippen LogP contribution in [0, 0.1) is 10.1 Å². The Morgan fingerprint density at radius 2 is 1.92 bits per heavy atom. The number of hydrogen-bond donors (Lipinski definition) is 1. The monoisotopic (exact) mass is 382 g/mol. The topological polar surface area (TPSA) is 98.5 Å². The number of nitrogens with one attached hydrogen (secondary N) is 1. The molecule has 2 aromatic carbocycles. The summed E-state index contributed by atoms with van der Waals surface area (Å²) in [5.74, 6) is -1.43. The second kappa shape index (κ2) is 7.96. The van der Waals surface area contributed by atoms with E-state index in [1.165, 1.54) is 13.0 Å². The quantitative estimate of drug-likeness (QED) is 0.477. The molecule has 1 N–H and O–H groups in total. The largest absolute Gasteiger partial charge is 0.449 e. The van der Waals surface area contributed by atoms with Crippen molar-refractivity contribution < 1.29 is 19.2 Å². The maximum Gasteiger partial charge on any atom is 0.340 e. The summed E-state index contributed by atoms with van der Waals surface area (Å²) in [7, 11) is 0. The lowest BCUT2D eigenvalue weighted by molar-refractivity contribution is -0.384. The Labute approximate surface area is 152 Å². The third-order valence-corrected chi connectivity index (χ3v) is 3.68. The van der Waals surface area contributed by atoms with E-state index >= 15 is 0 Å². The third kappa shape index (κ3) is 4.91. The number of benzene rings is 2. The maximum atomic E-state index is 12.1. The van der Waals surface area contributed by atoms with Crippen LogP contribution < -0.4 is 5.32 Å². The van der Waals surface area contributed by atoms with Crippen molar-refractivity contribution in [2.45, 2.75) is 13.0 Å². The number of halogens is 2. The highest BCUT2D eigenvalue weighted by Crippen LogP contribution is 2.23. The van der Waals surface area contributed by atoms with E-state index in [2.05, 4.69) is 5.32 Å². The molecule has 1 atom stereocenters. The van der Waals surface area contributed by atoms with Gasteiger partial charge in [0.2, 0.25) is 0 Å². The fourth-order valence-corrected chi connectivity index (χ4v) is 2.31. The van der Waals surface area contributed by atoms with Gasteiger partial charge >= 0.3 is 5.97 Å². The van der Waals surface area contributed by atoms with Crippen molar-refractivity contribution in [2.75, 3.05) is 5.32 Å². The van der Waals surface area contributed by atoms with Gasteiger partial charge in [0.15, 0.2) is 6.10 Å². The molecule has 2 rings (SSSR count). The van der Waals surface area contributed by atoms with Crippen LogP contribution in [0.4, 0.5) is 11.4 Å². The minimum atomic E-state index is -1.11. The molecule has 130 valence electrons. The van der Waals surface area contributed by atoms with Crippen LogP contribution in [0.1, 0.15) is 17.3 Å². The molecule has 7 nitrogen and oxygen atoms in total. The number of esters is 1. The normalized spacial score (nSPS) is 11.5. The van der Waals surface area contributed by atoms with E-state index in [0.717, 1.165) is 12.1 Å². The first-order chi connectivity index (χ1) is 11.8. The molecule has 0 aliphatic carbocycles. The highest BCUT2D eigenvalue weighted by molar-refractivity contribution is 6.33. The van der Waals surface area contributed by atoms with Crippen LogP contribution in [0.3, 0.4) is 0 Å². The number of nitro benzene ring substituents is 1. The molecule has 0 aliphatic rings. The molecule has 0 radical (unpaired) electrons. The molecule has 0 bridgehead atoms. The number of carbonyl (C=O) groups excluding carboxylic acids is 2. The second-order valence-electron chi connectivity index (χ2n) is 4.97. The molecule has 0 saturated carbocycles. The molecule has 0 aliphatic heterocycles. The van der Waals surface area contributed by atoms with Gasteiger partial charge in [-0.3, -0.25) is 14.9 Å². The van der Waals surface area contributed by atoms with Crippen LogP contribution in [0.2, 0.25) is 10.0 Å². The Hall–Kier alpha value is -2.64. The molecule has 0 aromatic heterocycles. The standard InChI is InChI=1S/C16H12Cl2N2O5/c1-9(15(21)19-11-4-2-3-10(17)7-11)25-16(22)13-6-5-12(20(23)24)8-14(13)18/h2-9H,1H3,(H,19,21)/t9-/m1/s1. The van der Waals surface area contributed by atoms with Gasteiger partial charge in [0.1, 0.15) is 0 Å². The van der Waals surface area contributed by atoms with Gasteiger partial charge in [0, 0.05) is 22.8 Å². The molecule has 2 aromatic rings. The van der Waals surface area contributed by atoms with Crippen LogP contribution in [0.25, 0.3) is 0 Å². The van der Waals surface area contributed by atoms with Crippen LogP contribution >= 0.6 is 23.2 Å². The Morgan fingerprint density at radius 3 is 2.52 bits per heavy atom. The van der Waals surface area contributed by atoms with Crippen molar-refractivity contribution in [3.63, 3.8) is 0 Å². The van der Waals surface area contributed by atoms with Gasteiger partial charge in [-0.2, -0.15) is 0 Å². The highest BCUT2D eigenvalue weighted by atomic mass is 35.5. The summed E-state index contributed by atoms with van der Waals surface area (Å²) in [6.45, 7) is 1.39. The first-order valence-corrected chi connectivity index (χ1v) is 7.75. The van der Waals surface area contributed by atoms with E-state index in [0.29, 0.717) is 10.7 Å². The van der Waals surface area contributed by atoms with E-state index in [4.69, 9.17) is 27.9 Å². The average molecular weight is 383 g/mol. The zero-order valence-electron chi connectivity index (χ0n) is 12.9. The Kier molecular flexibility index (Phi) is 5.95. The number of rotatable bonds is 5. The first kappa shape index (κ1) is 18.7. The number of carbonyl (C=O) groups is 2. The van der Waals surface area contributed by atoms with Crippen LogP contribution in [0.15, 0.2) is 42.5 Å². The van der Waals surface area contributed by atoms with Crippen molar-refractivity contribution in [1.29, 1.82) is 0 Å². The van der Waals surface area contributed by atoms with Gasteiger partial charge in [-0.1, -0.05) is 29.3 Å². The molecular formula is C16H12Cl2N2O5. The summed E-state index contributed by atoms with van der Waals surface area (Å²) < 4.78 is 5.04. The zero-order chi connectivity index (χ0) is 18.6. The predicted molar refractivity (Wildman–Crippen MR) is 93.1 cm³/mol. The molecule has 9 heteroatoms. The van der Waals surface area contributed by atoms with Crippen LogP contribution in [-0.4, -0.2) is 22.9 Å². The minimum absolute atomic E-state index is 0.0744. The average Bonchev–Trinajstić information content (AvgIpc) is 2.54. The number of nitro groups is 1. The second-order valence-corrected chi connectivity index (χ2v) is 5.81. The first-order valence-electron chi connectivity index (χ1n) is 6.99.